The van der Waals surface area contributed by atoms with Crippen LogP contribution >= 0.6 is 0 Å². The fourth-order valence-electron chi connectivity index (χ4n) is 4.00. The third-order valence-electron chi connectivity index (χ3n) is 5.42. The van der Waals surface area contributed by atoms with Gasteiger partial charge in [0.2, 0.25) is 0 Å². The Bertz CT molecular complexity index is 1080. The van der Waals surface area contributed by atoms with Gasteiger partial charge in [0, 0.05) is 44.0 Å². The predicted molar refractivity (Wildman–Crippen MR) is 116 cm³/mol. The fraction of sp³-hybridized carbons (Fsp3) is 0.208. The van der Waals surface area contributed by atoms with Crippen LogP contribution < -0.4 is 10.2 Å². The van der Waals surface area contributed by atoms with Gasteiger partial charge in [-0.25, -0.2) is 4.98 Å². The predicted octanol–water partition coefficient (Wildman–Crippen LogP) is 4.16. The third kappa shape index (κ3) is 3.27. The lowest BCUT2D eigenvalue weighted by Crippen LogP contribution is -2.43. The van der Waals surface area contributed by atoms with Gasteiger partial charge in [0.05, 0.1) is 11.0 Å². The van der Waals surface area contributed by atoms with Crippen LogP contribution in [0.25, 0.3) is 22.4 Å². The largest absolute Gasteiger partial charge is 0.369 e. The number of anilines is 1. The Labute approximate surface area is 165 Å². The number of nitrogens with one attached hydrogen (secondary N) is 1. The molecule has 0 aliphatic carbocycles. The molecule has 0 bridgehead atoms. The number of nitrogens with zero attached hydrogens (tertiary/aromatic N) is 3. The van der Waals surface area contributed by atoms with Crippen LogP contribution in [0.5, 0.6) is 0 Å². The molecule has 4 nitrogen and oxygen atoms in total. The lowest BCUT2D eigenvalue weighted by Gasteiger charge is -2.29. The minimum atomic E-state index is 0.810. The molecule has 28 heavy (non-hydrogen) atoms. The maximum Gasteiger partial charge on any atom is 0.141 e. The molecule has 1 aromatic heterocycles. The molecule has 4 heteroatoms. The number of hydrogen-bond acceptors (Lipinski definition) is 3. The number of benzene rings is 3. The summed E-state index contributed by atoms with van der Waals surface area (Å²) in [6, 6.07) is 27.8. The van der Waals surface area contributed by atoms with Gasteiger partial charge in [-0.3, -0.25) is 0 Å². The quantitative estimate of drug-likeness (QED) is 0.587. The second kappa shape index (κ2) is 7.49. The molecular formula is C24H24N4. The highest BCUT2D eigenvalue weighted by Gasteiger charge is 2.14. The van der Waals surface area contributed by atoms with Crippen LogP contribution in [0, 0.1) is 0 Å². The molecule has 0 saturated carbocycles. The van der Waals surface area contributed by atoms with Crippen molar-refractivity contribution in [3.8, 4) is 11.4 Å². The standard InChI is InChI=1S/C24H24N4/c1-2-8-20(9-3-1)24-26-22-11-4-5-12-23(22)28(24)18-19-7-6-10-21(17-19)27-15-13-25-14-16-27/h1-12,17,25H,13-16,18H2. The van der Waals surface area contributed by atoms with E-state index in [-0.39, 0.29) is 0 Å². The number of aromatic nitrogens is 2. The van der Waals surface area contributed by atoms with E-state index in [1.165, 1.54) is 16.8 Å². The van der Waals surface area contributed by atoms with Gasteiger partial charge in [0.15, 0.2) is 0 Å². The summed E-state index contributed by atoms with van der Waals surface area (Å²) >= 11 is 0. The molecule has 0 amide bonds. The van der Waals surface area contributed by atoms with Crippen molar-refractivity contribution in [3.05, 3.63) is 84.4 Å². The second-order valence-corrected chi connectivity index (χ2v) is 7.28. The molecule has 1 N–H and O–H groups in total. The molecular weight excluding hydrogens is 344 g/mol. The highest BCUT2D eigenvalue weighted by molar-refractivity contribution is 5.80. The average Bonchev–Trinajstić information content (AvgIpc) is 3.14. The molecule has 1 fully saturated rings. The Balaban J connectivity index is 1.55. The number of fused-ring (bicyclic) bond motifs is 1. The van der Waals surface area contributed by atoms with Crippen LogP contribution in [0.1, 0.15) is 5.56 Å². The van der Waals surface area contributed by atoms with Crippen LogP contribution in [-0.2, 0) is 6.54 Å². The van der Waals surface area contributed by atoms with E-state index >= 15 is 0 Å². The molecule has 140 valence electrons. The van der Waals surface area contributed by atoms with E-state index in [1.54, 1.807) is 0 Å². The summed E-state index contributed by atoms with van der Waals surface area (Å²) in [5.74, 6) is 1.02. The zero-order valence-electron chi connectivity index (χ0n) is 15.9. The summed E-state index contributed by atoms with van der Waals surface area (Å²) < 4.78 is 2.33. The van der Waals surface area contributed by atoms with Crippen LogP contribution in [0.2, 0.25) is 0 Å². The van der Waals surface area contributed by atoms with Gasteiger partial charge < -0.3 is 14.8 Å². The minimum Gasteiger partial charge on any atom is -0.369 e. The first-order valence-corrected chi connectivity index (χ1v) is 9.94. The molecule has 2 heterocycles. The van der Waals surface area contributed by atoms with Gasteiger partial charge in [-0.2, -0.15) is 0 Å². The number of para-hydroxylation sites is 2. The smallest absolute Gasteiger partial charge is 0.141 e. The van der Waals surface area contributed by atoms with Gasteiger partial charge in [0.25, 0.3) is 0 Å². The van der Waals surface area contributed by atoms with Crippen molar-refractivity contribution in [2.75, 3.05) is 31.1 Å². The lowest BCUT2D eigenvalue weighted by molar-refractivity contribution is 0.589. The van der Waals surface area contributed by atoms with E-state index in [1.807, 2.05) is 6.07 Å². The molecule has 0 atom stereocenters. The number of rotatable bonds is 4. The van der Waals surface area contributed by atoms with Gasteiger partial charge in [-0.05, 0) is 29.8 Å². The molecule has 0 unspecified atom stereocenters. The van der Waals surface area contributed by atoms with Crippen molar-refractivity contribution in [2.45, 2.75) is 6.54 Å². The lowest BCUT2D eigenvalue weighted by atomic mass is 10.1. The number of imidazole rings is 1. The summed E-state index contributed by atoms with van der Waals surface area (Å²) in [6.07, 6.45) is 0. The highest BCUT2D eigenvalue weighted by Crippen LogP contribution is 2.26. The topological polar surface area (TPSA) is 33.1 Å². The van der Waals surface area contributed by atoms with Crippen molar-refractivity contribution in [2.24, 2.45) is 0 Å². The molecule has 3 aromatic carbocycles. The summed E-state index contributed by atoms with van der Waals surface area (Å²) in [6.45, 7) is 5.03. The van der Waals surface area contributed by atoms with E-state index in [0.29, 0.717) is 0 Å². The van der Waals surface area contributed by atoms with E-state index in [2.05, 4.69) is 87.6 Å². The van der Waals surface area contributed by atoms with E-state index in [0.717, 1.165) is 49.6 Å². The van der Waals surface area contributed by atoms with Crippen LogP contribution in [0.3, 0.4) is 0 Å². The molecule has 4 aromatic rings. The summed E-state index contributed by atoms with van der Waals surface area (Å²) in [5, 5.41) is 3.43. The van der Waals surface area contributed by atoms with Gasteiger partial charge in [0.1, 0.15) is 5.82 Å². The molecule has 0 radical (unpaired) electrons. The van der Waals surface area contributed by atoms with E-state index < -0.39 is 0 Å². The van der Waals surface area contributed by atoms with Crippen molar-refractivity contribution < 1.29 is 0 Å². The van der Waals surface area contributed by atoms with Crippen molar-refractivity contribution in [1.29, 1.82) is 0 Å². The Morgan fingerprint density at radius 1 is 0.821 bits per heavy atom. The maximum absolute atomic E-state index is 4.94. The van der Waals surface area contributed by atoms with Crippen LogP contribution in [-0.4, -0.2) is 35.7 Å². The van der Waals surface area contributed by atoms with Crippen LogP contribution in [0.15, 0.2) is 78.9 Å². The highest BCUT2D eigenvalue weighted by atomic mass is 15.2. The normalized spacial score (nSPS) is 14.5. The third-order valence-corrected chi connectivity index (χ3v) is 5.42. The Morgan fingerprint density at radius 3 is 2.46 bits per heavy atom. The summed E-state index contributed by atoms with van der Waals surface area (Å²) in [7, 11) is 0. The first-order valence-electron chi connectivity index (χ1n) is 9.94. The van der Waals surface area contributed by atoms with Crippen molar-refractivity contribution in [1.82, 2.24) is 14.9 Å². The second-order valence-electron chi connectivity index (χ2n) is 7.28. The van der Waals surface area contributed by atoms with Crippen molar-refractivity contribution in [3.63, 3.8) is 0 Å². The molecule has 0 spiro atoms. The zero-order chi connectivity index (χ0) is 18.8. The fourth-order valence-corrected chi connectivity index (χ4v) is 4.00. The zero-order valence-corrected chi connectivity index (χ0v) is 15.9. The number of hydrogen-bond donors (Lipinski definition) is 1. The van der Waals surface area contributed by atoms with Gasteiger partial charge >= 0.3 is 0 Å². The van der Waals surface area contributed by atoms with Gasteiger partial charge in [-0.1, -0.05) is 54.6 Å². The monoisotopic (exact) mass is 368 g/mol. The van der Waals surface area contributed by atoms with Crippen molar-refractivity contribution >= 4 is 16.7 Å². The first kappa shape index (κ1) is 17.0. The number of piperazine rings is 1. The Morgan fingerprint density at radius 2 is 1.61 bits per heavy atom. The minimum absolute atomic E-state index is 0.810. The van der Waals surface area contributed by atoms with Crippen LogP contribution in [0.4, 0.5) is 5.69 Å². The SMILES string of the molecule is c1ccc(-c2nc3ccccc3n2Cc2cccc(N3CCNCC3)c2)cc1. The summed E-state index contributed by atoms with van der Waals surface area (Å²) in [5.41, 5.74) is 5.98. The average molecular weight is 368 g/mol. The molecule has 1 aliphatic heterocycles. The molecule has 5 rings (SSSR count). The van der Waals surface area contributed by atoms with Gasteiger partial charge in [-0.15, -0.1) is 0 Å². The molecule has 1 aliphatic rings. The first-order chi connectivity index (χ1) is 13.9. The van der Waals surface area contributed by atoms with E-state index in [9.17, 15) is 0 Å². The Kier molecular flexibility index (Phi) is 4.55. The van der Waals surface area contributed by atoms with E-state index in [4.69, 9.17) is 4.98 Å². The maximum atomic E-state index is 4.94. The summed E-state index contributed by atoms with van der Waals surface area (Å²) in [4.78, 5) is 7.40. The molecule has 1 saturated heterocycles. The Hall–Kier alpha value is -3.11.